The van der Waals surface area contributed by atoms with Gasteiger partial charge in [-0.2, -0.15) is 0 Å². The first-order valence-corrected chi connectivity index (χ1v) is 10.7. The molecule has 7 nitrogen and oxygen atoms in total. The normalized spacial score (nSPS) is 10.4. The van der Waals surface area contributed by atoms with Crippen LogP contribution in [0.2, 0.25) is 15.1 Å². The topological polar surface area (TPSA) is 97.4 Å². The van der Waals surface area contributed by atoms with Gasteiger partial charge in [-0.05, 0) is 24.3 Å². The monoisotopic (exact) mass is 497 g/mol. The lowest BCUT2D eigenvalue weighted by Gasteiger charge is -2.07. The predicted octanol–water partition coefficient (Wildman–Crippen LogP) is 4.68. The molecule has 0 fully saturated rings. The molecule has 31 heavy (non-hydrogen) atoms. The predicted molar refractivity (Wildman–Crippen MR) is 121 cm³/mol. The molecular weight excluding hydrogens is 485 g/mol. The molecule has 11 heteroatoms. The van der Waals surface area contributed by atoms with Crippen LogP contribution in [0.5, 0.6) is 0 Å². The van der Waals surface area contributed by atoms with Crippen molar-refractivity contribution in [1.82, 2.24) is 10.3 Å². The zero-order valence-electron chi connectivity index (χ0n) is 15.7. The van der Waals surface area contributed by atoms with Gasteiger partial charge in [0.15, 0.2) is 11.7 Å². The van der Waals surface area contributed by atoms with Crippen molar-refractivity contribution in [2.75, 3.05) is 18.5 Å². The summed E-state index contributed by atoms with van der Waals surface area (Å²) < 4.78 is 4.86. The van der Waals surface area contributed by atoms with Gasteiger partial charge in [-0.15, -0.1) is 11.3 Å². The number of anilines is 1. The van der Waals surface area contributed by atoms with E-state index in [4.69, 9.17) is 39.5 Å². The molecule has 0 radical (unpaired) electrons. The number of carbonyl (C=O) groups excluding carboxylic acids is 3. The Hall–Kier alpha value is -2.65. The Morgan fingerprint density at radius 2 is 1.81 bits per heavy atom. The molecule has 1 heterocycles. The maximum absolute atomic E-state index is 12.1. The van der Waals surface area contributed by atoms with Gasteiger partial charge in [0.1, 0.15) is 6.54 Å². The molecule has 0 aliphatic rings. The van der Waals surface area contributed by atoms with Crippen LogP contribution in [0, 0.1) is 0 Å². The molecule has 3 aromatic rings. The van der Waals surface area contributed by atoms with Crippen LogP contribution in [0.15, 0.2) is 47.8 Å². The van der Waals surface area contributed by atoms with Gasteiger partial charge < -0.3 is 10.1 Å². The fourth-order valence-electron chi connectivity index (χ4n) is 2.40. The molecule has 0 bridgehead atoms. The minimum Gasteiger partial charge on any atom is -0.454 e. The van der Waals surface area contributed by atoms with E-state index in [1.54, 1.807) is 11.4 Å². The third-order valence-corrected chi connectivity index (χ3v) is 5.47. The Morgan fingerprint density at radius 1 is 1.03 bits per heavy atom. The zero-order valence-corrected chi connectivity index (χ0v) is 18.7. The van der Waals surface area contributed by atoms with E-state index in [1.807, 2.05) is 18.2 Å². The molecule has 0 aliphatic heterocycles. The standard InChI is InChI=1S/C20H14Cl3N3O4S/c21-11-5-6-13(15(23)7-11)19(29)24-8-18(28)30-9-17(27)26-20-25-16(10-31-20)12-3-1-2-4-14(12)22/h1-7,10H,8-9H2,(H,24,29)(H,25,26,27). The van der Waals surface area contributed by atoms with Crippen molar-refractivity contribution in [3.8, 4) is 11.3 Å². The second-order valence-corrected chi connectivity index (χ2v) is 8.14. The molecule has 2 N–H and O–H groups in total. The summed E-state index contributed by atoms with van der Waals surface area (Å²) in [6.45, 7) is -0.962. The smallest absolute Gasteiger partial charge is 0.325 e. The number of hydrogen-bond donors (Lipinski definition) is 2. The van der Waals surface area contributed by atoms with Crippen molar-refractivity contribution >= 4 is 69.1 Å². The molecule has 160 valence electrons. The maximum Gasteiger partial charge on any atom is 0.325 e. The van der Waals surface area contributed by atoms with Gasteiger partial charge >= 0.3 is 5.97 Å². The lowest BCUT2D eigenvalue weighted by molar-refractivity contribution is -0.146. The summed E-state index contributed by atoms with van der Waals surface area (Å²) in [5.41, 5.74) is 1.52. The van der Waals surface area contributed by atoms with Gasteiger partial charge in [0.05, 0.1) is 16.3 Å². The molecule has 2 aromatic carbocycles. The van der Waals surface area contributed by atoms with Gasteiger partial charge in [0, 0.05) is 21.0 Å². The van der Waals surface area contributed by atoms with Crippen LogP contribution in [0.3, 0.4) is 0 Å². The summed E-state index contributed by atoms with van der Waals surface area (Å²) in [5.74, 6) is -1.93. The second-order valence-electron chi connectivity index (χ2n) is 6.03. The number of esters is 1. The third kappa shape index (κ3) is 6.41. The van der Waals surface area contributed by atoms with Crippen LogP contribution < -0.4 is 10.6 Å². The molecule has 0 spiro atoms. The number of carbonyl (C=O) groups is 3. The van der Waals surface area contributed by atoms with Crippen LogP contribution in [-0.4, -0.2) is 35.9 Å². The van der Waals surface area contributed by atoms with E-state index in [1.165, 1.54) is 29.5 Å². The van der Waals surface area contributed by atoms with E-state index in [9.17, 15) is 14.4 Å². The Balaban J connectivity index is 1.45. The summed E-state index contributed by atoms with van der Waals surface area (Å²) in [5, 5.41) is 8.06. The zero-order chi connectivity index (χ0) is 22.4. The Bertz CT molecular complexity index is 1140. The van der Waals surface area contributed by atoms with Gasteiger partial charge in [0.25, 0.3) is 11.8 Å². The lowest BCUT2D eigenvalue weighted by Crippen LogP contribution is -2.32. The van der Waals surface area contributed by atoms with Crippen LogP contribution >= 0.6 is 46.1 Å². The first-order valence-electron chi connectivity index (χ1n) is 8.72. The van der Waals surface area contributed by atoms with Crippen LogP contribution in [0.25, 0.3) is 11.3 Å². The molecular formula is C20H14Cl3N3O4S. The molecule has 0 saturated heterocycles. The molecule has 0 atom stereocenters. The Kier molecular flexibility index (Phi) is 7.86. The average Bonchev–Trinajstić information content (AvgIpc) is 3.19. The molecule has 2 amide bonds. The Labute approximate surface area is 196 Å². The number of ether oxygens (including phenoxy) is 1. The molecule has 1 aromatic heterocycles. The highest BCUT2D eigenvalue weighted by Gasteiger charge is 2.15. The first-order chi connectivity index (χ1) is 14.8. The first kappa shape index (κ1) is 23.0. The van der Waals surface area contributed by atoms with E-state index < -0.39 is 30.9 Å². The van der Waals surface area contributed by atoms with E-state index in [0.717, 1.165) is 5.56 Å². The van der Waals surface area contributed by atoms with E-state index in [-0.39, 0.29) is 10.6 Å². The number of rotatable bonds is 7. The number of nitrogens with one attached hydrogen (secondary N) is 2. The van der Waals surface area contributed by atoms with Crippen LogP contribution in [0.1, 0.15) is 10.4 Å². The largest absolute Gasteiger partial charge is 0.454 e. The minimum atomic E-state index is -0.788. The van der Waals surface area contributed by atoms with Crippen molar-refractivity contribution in [1.29, 1.82) is 0 Å². The molecule has 0 saturated carbocycles. The highest BCUT2D eigenvalue weighted by molar-refractivity contribution is 7.14. The van der Waals surface area contributed by atoms with Crippen molar-refractivity contribution in [2.45, 2.75) is 0 Å². The number of nitrogens with zero attached hydrogens (tertiary/aromatic N) is 1. The molecule has 0 unspecified atom stereocenters. The van der Waals surface area contributed by atoms with Crippen molar-refractivity contribution in [2.24, 2.45) is 0 Å². The third-order valence-electron chi connectivity index (χ3n) is 3.83. The fraction of sp³-hybridized carbons (Fsp3) is 0.100. The van der Waals surface area contributed by atoms with Crippen molar-refractivity contribution < 1.29 is 19.1 Å². The average molecular weight is 499 g/mol. The number of benzene rings is 2. The van der Waals surface area contributed by atoms with Gasteiger partial charge in [-0.3, -0.25) is 19.7 Å². The number of aromatic nitrogens is 1. The summed E-state index contributed by atoms with van der Waals surface area (Å²) in [7, 11) is 0. The molecule has 0 aliphatic carbocycles. The number of hydrogen-bond acceptors (Lipinski definition) is 6. The maximum atomic E-state index is 12.1. The second kappa shape index (κ2) is 10.6. The van der Waals surface area contributed by atoms with E-state index >= 15 is 0 Å². The van der Waals surface area contributed by atoms with Gasteiger partial charge in [-0.25, -0.2) is 4.98 Å². The van der Waals surface area contributed by atoms with E-state index in [2.05, 4.69) is 15.6 Å². The highest BCUT2D eigenvalue weighted by Crippen LogP contribution is 2.30. The minimum absolute atomic E-state index is 0.150. The summed E-state index contributed by atoms with van der Waals surface area (Å²) in [4.78, 5) is 40.2. The summed E-state index contributed by atoms with van der Waals surface area (Å²) in [6, 6.07) is 11.5. The SMILES string of the molecule is O=C(COC(=O)CNC(=O)c1ccc(Cl)cc1Cl)Nc1nc(-c2ccccc2Cl)cs1. The number of amides is 2. The quantitative estimate of drug-likeness (QED) is 0.461. The van der Waals surface area contributed by atoms with Gasteiger partial charge in [0.2, 0.25) is 0 Å². The lowest BCUT2D eigenvalue weighted by atomic mass is 10.2. The van der Waals surface area contributed by atoms with Crippen LogP contribution in [-0.2, 0) is 14.3 Å². The Morgan fingerprint density at radius 3 is 2.55 bits per heavy atom. The fourth-order valence-corrected chi connectivity index (χ4v) is 3.85. The number of thiazole rings is 1. The number of halogens is 3. The van der Waals surface area contributed by atoms with Crippen LogP contribution in [0.4, 0.5) is 5.13 Å². The van der Waals surface area contributed by atoms with Gasteiger partial charge in [-0.1, -0.05) is 53.0 Å². The van der Waals surface area contributed by atoms with Crippen molar-refractivity contribution in [3.05, 3.63) is 68.5 Å². The highest BCUT2D eigenvalue weighted by atomic mass is 35.5. The van der Waals surface area contributed by atoms with E-state index in [0.29, 0.717) is 20.9 Å². The summed E-state index contributed by atoms with van der Waals surface area (Å²) in [6.07, 6.45) is 0. The van der Waals surface area contributed by atoms with Crippen molar-refractivity contribution in [3.63, 3.8) is 0 Å². The summed E-state index contributed by atoms with van der Waals surface area (Å²) >= 11 is 19.1. The molecule has 3 rings (SSSR count).